The monoisotopic (exact) mass is 1100 g/mol. The first-order chi connectivity index (χ1) is 36.5. The molecule has 33 heteroatoms. The van der Waals surface area contributed by atoms with Crippen molar-refractivity contribution in [1.82, 2.24) is 60.0 Å². The molecule has 2 unspecified atom stereocenters. The van der Waals surface area contributed by atoms with Crippen molar-refractivity contribution in [3.05, 3.63) is 55.1 Å². The Hall–Kier alpha value is -6.90. The van der Waals surface area contributed by atoms with Crippen LogP contribution < -0.4 is 38.5 Å². The van der Waals surface area contributed by atoms with Gasteiger partial charge in [0.05, 0.1) is 39.0 Å². The predicted molar refractivity (Wildman–Crippen MR) is 269 cm³/mol. The molecule has 5 amide bonds. The minimum Gasteiger partial charge on any atom is -0.382 e. The van der Waals surface area contributed by atoms with E-state index in [1.54, 1.807) is 45.2 Å². The van der Waals surface area contributed by atoms with E-state index in [1.165, 1.54) is 46.5 Å². The predicted octanol–water partition coefficient (Wildman–Crippen LogP) is 1.78. The van der Waals surface area contributed by atoms with Crippen molar-refractivity contribution in [3.63, 3.8) is 0 Å². The zero-order chi connectivity index (χ0) is 54.5. The number of aromatic nitrogens is 8. The number of benzene rings is 1. The fourth-order valence-electron chi connectivity index (χ4n) is 8.28. The lowest BCUT2D eigenvalue weighted by molar-refractivity contribution is -0.140. The number of urea groups is 1. The quantitative estimate of drug-likeness (QED) is 0.00706. The molecule has 2 saturated heterocycles. The number of thiol groups is 1. The summed E-state index contributed by atoms with van der Waals surface area (Å²) in [5.74, 6) is -1.76. The number of nitrogens with zero attached hydrogens (tertiary/aromatic N) is 11. The summed E-state index contributed by atoms with van der Waals surface area (Å²) in [7, 11) is 0.0682. The number of primary amides is 1. The highest BCUT2D eigenvalue weighted by atomic mass is 32.1. The number of nitrogens with one attached hydrogen (secondary N) is 4. The third-order valence-corrected chi connectivity index (χ3v) is 12.8. The van der Waals surface area contributed by atoms with Crippen molar-refractivity contribution < 1.29 is 60.3 Å². The molecule has 76 heavy (non-hydrogen) atoms. The molecule has 10 atom stereocenters. The third kappa shape index (κ3) is 14.5. The number of carbonyl (C=O) groups is 4. The van der Waals surface area contributed by atoms with Crippen LogP contribution in [0, 0.1) is 5.92 Å². The van der Waals surface area contributed by atoms with Crippen LogP contribution in [0.3, 0.4) is 0 Å². The van der Waals surface area contributed by atoms with Crippen LogP contribution in [-0.2, 0) is 57.7 Å². The van der Waals surface area contributed by atoms with Gasteiger partial charge >= 0.3 is 14.3 Å². The molecule has 10 N–H and O–H groups in total. The number of fused-ring (bicyclic) bond motifs is 2. The van der Waals surface area contributed by atoms with Gasteiger partial charge in [-0.2, -0.15) is 5.11 Å². The third-order valence-electron chi connectivity index (χ3n) is 11.9. The van der Waals surface area contributed by atoms with Gasteiger partial charge in [-0.25, -0.2) is 39.1 Å². The molecule has 6 heterocycles. The number of halogens is 1. The fourth-order valence-corrected chi connectivity index (χ4v) is 9.23. The Morgan fingerprint density at radius 3 is 2.24 bits per heavy atom. The first kappa shape index (κ1) is 56.8. The van der Waals surface area contributed by atoms with E-state index in [1.807, 2.05) is 0 Å². The van der Waals surface area contributed by atoms with Gasteiger partial charge in [0.2, 0.25) is 17.7 Å². The molecule has 0 spiro atoms. The largest absolute Gasteiger partial charge is 0.697 e. The highest BCUT2D eigenvalue weighted by molar-refractivity contribution is 7.75. The SMILES string of the molecule is CN=NN(C)CC(=O)N[C@H](C(=O)N[C@@H](CCCNC(N)=O)C(=O)Nc1ccc(COCO[C@@H]2[C@H](O[P+](=O)OC[C@@H]3C[C@@H](F)[C@H](n4cnc5c(N)ncnc54)O3)C(COS)O[C@H]2n2cnc3c(N)ncnc32)cc1)C(C)C. The minimum atomic E-state index is -2.94. The molecule has 0 bridgehead atoms. The van der Waals surface area contributed by atoms with Gasteiger partial charge in [0.15, 0.2) is 41.5 Å². The summed E-state index contributed by atoms with van der Waals surface area (Å²) in [6.45, 7) is 2.62. The summed E-state index contributed by atoms with van der Waals surface area (Å²) in [6, 6.07) is 3.83. The van der Waals surface area contributed by atoms with Crippen LogP contribution >= 0.6 is 21.2 Å². The zero-order valence-corrected chi connectivity index (χ0v) is 43.4. The molecular formula is C43H59FN18O12PS+. The second-order valence-electron chi connectivity index (χ2n) is 17.7. The second kappa shape index (κ2) is 26.7. The van der Waals surface area contributed by atoms with Crippen LogP contribution in [0.5, 0.6) is 0 Å². The first-order valence-corrected chi connectivity index (χ1v) is 25.1. The number of nitrogens with two attached hydrogens (primary N) is 3. The van der Waals surface area contributed by atoms with E-state index in [4.69, 9.17) is 49.4 Å². The maximum atomic E-state index is 15.4. The molecule has 30 nitrogen and oxygen atoms in total. The number of imidazole rings is 2. The summed E-state index contributed by atoms with van der Waals surface area (Å²) in [6.07, 6.45) is -2.18. The lowest BCUT2D eigenvalue weighted by Crippen LogP contribution is -2.55. The van der Waals surface area contributed by atoms with Gasteiger partial charge in [0.1, 0.15) is 74.1 Å². The Balaban J connectivity index is 0.976. The van der Waals surface area contributed by atoms with Crippen molar-refractivity contribution in [1.29, 1.82) is 0 Å². The molecule has 4 aromatic heterocycles. The van der Waals surface area contributed by atoms with Crippen molar-refractivity contribution in [3.8, 4) is 0 Å². The molecule has 5 aromatic rings. The summed E-state index contributed by atoms with van der Waals surface area (Å²) in [5, 5.41) is 19.4. The van der Waals surface area contributed by atoms with E-state index < -0.39 is 87.1 Å². The Morgan fingerprint density at radius 2 is 1.61 bits per heavy atom. The average Bonchev–Trinajstić information content (AvgIpc) is 4.18. The van der Waals surface area contributed by atoms with Crippen molar-refractivity contribution in [2.24, 2.45) is 22.0 Å². The number of alkyl halides is 1. The van der Waals surface area contributed by atoms with Gasteiger partial charge in [0, 0.05) is 30.3 Å². The first-order valence-electron chi connectivity index (χ1n) is 23.6. The van der Waals surface area contributed by atoms with Gasteiger partial charge < -0.3 is 61.6 Å². The van der Waals surface area contributed by atoms with Crippen LogP contribution in [-0.4, -0.2) is 158 Å². The number of carbonyl (C=O) groups excluding carboxylic acids is 4. The average molecular weight is 1100 g/mol. The van der Waals surface area contributed by atoms with E-state index in [9.17, 15) is 23.7 Å². The Kier molecular flexibility index (Phi) is 20.0. The van der Waals surface area contributed by atoms with Crippen molar-refractivity contribution in [2.75, 3.05) is 64.0 Å². The number of nitrogen functional groups attached to an aromatic ring is 2. The Morgan fingerprint density at radius 1 is 0.934 bits per heavy atom. The molecule has 7 rings (SSSR count). The van der Waals surface area contributed by atoms with Gasteiger partial charge in [-0.1, -0.05) is 31.2 Å². The van der Waals surface area contributed by atoms with Gasteiger partial charge in [-0.05, 0) is 49.4 Å². The molecule has 0 radical (unpaired) electrons. The highest BCUT2D eigenvalue weighted by Crippen LogP contribution is 2.42. The molecule has 410 valence electrons. The van der Waals surface area contributed by atoms with Crippen molar-refractivity contribution >= 4 is 84.6 Å². The van der Waals surface area contributed by atoms with E-state index in [0.29, 0.717) is 11.3 Å². The molecule has 2 aliphatic rings. The second-order valence-corrected chi connectivity index (χ2v) is 18.9. The lowest BCUT2D eigenvalue weighted by atomic mass is 10.0. The zero-order valence-electron chi connectivity index (χ0n) is 41.6. The van der Waals surface area contributed by atoms with E-state index in [2.05, 4.69) is 74.4 Å². The number of anilines is 3. The van der Waals surface area contributed by atoms with E-state index >= 15 is 4.39 Å². The summed E-state index contributed by atoms with van der Waals surface area (Å²) in [5.41, 5.74) is 19.4. The van der Waals surface area contributed by atoms with Crippen molar-refractivity contribution in [2.45, 2.75) is 94.8 Å². The number of ether oxygens (including phenoxy) is 4. The van der Waals surface area contributed by atoms with Gasteiger partial charge in [-0.3, -0.25) is 28.5 Å². The number of likely N-dealkylation sites (N-methyl/N-ethyl adjacent to an activating group) is 1. The van der Waals surface area contributed by atoms with Gasteiger partial charge in [-0.15, -0.1) is 9.05 Å². The molecular weight excluding hydrogens is 1040 g/mol. The van der Waals surface area contributed by atoms with Gasteiger partial charge in [0.25, 0.3) is 0 Å². The van der Waals surface area contributed by atoms with Crippen LogP contribution in [0.15, 0.2) is 59.9 Å². The number of hydrogen-bond donors (Lipinski definition) is 8. The molecule has 2 aliphatic heterocycles. The summed E-state index contributed by atoms with van der Waals surface area (Å²) < 4.78 is 73.1. The number of amides is 5. The molecule has 2 fully saturated rings. The molecule has 0 saturated carbocycles. The maximum Gasteiger partial charge on any atom is 0.697 e. The number of rotatable bonds is 27. The molecule has 0 aliphatic carbocycles. The normalized spacial score (nSPS) is 21.5. The maximum absolute atomic E-state index is 15.4. The lowest BCUT2D eigenvalue weighted by Gasteiger charge is -2.26. The van der Waals surface area contributed by atoms with Crippen LogP contribution in [0.2, 0.25) is 0 Å². The summed E-state index contributed by atoms with van der Waals surface area (Å²) >= 11 is 3.93. The Bertz CT molecular complexity index is 2840. The van der Waals surface area contributed by atoms with E-state index in [-0.39, 0.29) is 98.8 Å². The topological polar surface area (TPSA) is 391 Å². The summed E-state index contributed by atoms with van der Waals surface area (Å²) in [4.78, 5) is 76.2. The molecule has 1 aromatic carbocycles. The van der Waals surface area contributed by atoms with Crippen LogP contribution in [0.25, 0.3) is 22.3 Å². The minimum absolute atomic E-state index is 0.00835. The number of hydrogen-bond acceptors (Lipinski definition) is 23. The Labute approximate surface area is 439 Å². The van der Waals surface area contributed by atoms with E-state index in [0.717, 1.165) is 0 Å². The highest BCUT2D eigenvalue weighted by Gasteiger charge is 2.53. The fraction of sp³-hybridized carbons (Fsp3) is 0.535. The smallest absolute Gasteiger partial charge is 0.382 e. The van der Waals surface area contributed by atoms with Crippen LogP contribution in [0.4, 0.5) is 26.5 Å². The van der Waals surface area contributed by atoms with Crippen LogP contribution in [0.1, 0.15) is 51.1 Å². The standard InChI is InChI=1S/C43H58FN18O12PS/c1-22(2)30(58-29(63)13-60(4)59-48-3)40(65)57-27(6-5-11-49-43(47)66)39(64)56-24-9-7-23(8-10-24)14-68-21-69-34-33(28(16-71-76)73-42(34)62-20-55-32-36(46)51-18-53-38(32)62)74-75(67)70-15-25-12-26(44)41(72-25)61-19-54-31-35(45)50-17-52-37(31)61/h7-10,17-20,22,25-28,30,33-34,41-42H,5-6,11-16,21H2,1-4H3,(H10-,45,46,47,49,50,51,52,53,56,57,58,63,64,65,66,76)/p+1/t25-,26+,27-,28?,30-,33+,34+,41+,42+/m0/s1.